The summed E-state index contributed by atoms with van der Waals surface area (Å²) in [6, 6.07) is 16.9. The topological polar surface area (TPSA) is 45.6 Å². The van der Waals surface area contributed by atoms with E-state index >= 15 is 0 Å². The molecule has 1 saturated heterocycles. The van der Waals surface area contributed by atoms with Gasteiger partial charge in [0.25, 0.3) is 0 Å². The van der Waals surface area contributed by atoms with Crippen LogP contribution in [0, 0.1) is 6.92 Å². The van der Waals surface area contributed by atoms with E-state index in [4.69, 9.17) is 9.72 Å². The number of hydrogen-bond acceptors (Lipinski definition) is 4. The lowest BCUT2D eigenvalue weighted by molar-refractivity contribution is -0.0976. The van der Waals surface area contributed by atoms with E-state index in [2.05, 4.69) is 55.3 Å². The van der Waals surface area contributed by atoms with Crippen molar-refractivity contribution in [3.05, 3.63) is 70.9 Å². The Morgan fingerprint density at radius 2 is 1.97 bits per heavy atom. The van der Waals surface area contributed by atoms with Crippen LogP contribution in [0.25, 0.3) is 10.9 Å². The number of methoxy groups -OCH3 is 1. The number of pyridine rings is 1. The Hall–Kier alpha value is -2.43. The number of hydrogen-bond donors (Lipinski definition) is 1. The molecule has 2 aliphatic rings. The highest BCUT2D eigenvalue weighted by molar-refractivity contribution is 5.80. The van der Waals surface area contributed by atoms with Crippen LogP contribution in [0.15, 0.2) is 48.5 Å². The van der Waals surface area contributed by atoms with Crippen LogP contribution in [-0.2, 0) is 18.3 Å². The van der Waals surface area contributed by atoms with E-state index in [1.54, 1.807) is 7.11 Å². The quantitative estimate of drug-likeness (QED) is 0.728. The molecule has 0 saturated carbocycles. The summed E-state index contributed by atoms with van der Waals surface area (Å²) in [4.78, 5) is 7.31. The molecule has 4 heteroatoms. The van der Waals surface area contributed by atoms with Crippen molar-refractivity contribution in [2.75, 3.05) is 27.2 Å². The minimum absolute atomic E-state index is 0.355. The number of benzene rings is 2. The van der Waals surface area contributed by atoms with Crippen molar-refractivity contribution in [2.45, 2.75) is 37.2 Å². The van der Waals surface area contributed by atoms with Crippen LogP contribution in [0.2, 0.25) is 0 Å². The lowest BCUT2D eigenvalue weighted by Gasteiger charge is -2.56. The van der Waals surface area contributed by atoms with E-state index in [-0.39, 0.29) is 5.41 Å². The molecule has 1 N–H and O–H groups in total. The Balaban J connectivity index is 1.70. The number of fused-ring (bicyclic) bond motifs is 3. The van der Waals surface area contributed by atoms with Gasteiger partial charge in [-0.2, -0.15) is 0 Å². The smallest absolute Gasteiger partial charge is 0.119 e. The monoisotopic (exact) mass is 388 g/mol. The molecule has 4 nitrogen and oxygen atoms in total. The third-order valence-corrected chi connectivity index (χ3v) is 7.06. The highest BCUT2D eigenvalue weighted by Gasteiger charge is 2.57. The molecule has 5 rings (SSSR count). The van der Waals surface area contributed by atoms with E-state index in [1.165, 1.54) is 11.1 Å². The van der Waals surface area contributed by atoms with Gasteiger partial charge in [-0.15, -0.1) is 0 Å². The summed E-state index contributed by atoms with van der Waals surface area (Å²) in [7, 11) is 3.80. The van der Waals surface area contributed by atoms with E-state index in [9.17, 15) is 5.11 Å². The van der Waals surface area contributed by atoms with Gasteiger partial charge in [0, 0.05) is 35.9 Å². The van der Waals surface area contributed by atoms with Crippen LogP contribution < -0.4 is 4.74 Å². The zero-order valence-electron chi connectivity index (χ0n) is 17.4. The predicted molar refractivity (Wildman–Crippen MR) is 116 cm³/mol. The number of piperidine rings is 1. The molecular weight excluding hydrogens is 360 g/mol. The van der Waals surface area contributed by atoms with Gasteiger partial charge >= 0.3 is 0 Å². The van der Waals surface area contributed by atoms with Gasteiger partial charge in [-0.05, 0) is 68.4 Å². The maximum atomic E-state index is 12.1. The first-order valence-corrected chi connectivity index (χ1v) is 10.4. The van der Waals surface area contributed by atoms with Gasteiger partial charge in [0.1, 0.15) is 5.75 Å². The molecule has 0 spiro atoms. The van der Waals surface area contributed by atoms with Gasteiger partial charge < -0.3 is 14.7 Å². The van der Waals surface area contributed by atoms with Crippen molar-refractivity contribution in [1.82, 2.24) is 9.88 Å². The predicted octanol–water partition coefficient (Wildman–Crippen LogP) is 3.66. The molecule has 150 valence electrons. The number of aliphatic hydroxyl groups is 1. The maximum Gasteiger partial charge on any atom is 0.119 e. The second-order valence-electron chi connectivity index (χ2n) is 8.98. The van der Waals surface area contributed by atoms with Gasteiger partial charge in [-0.1, -0.05) is 23.8 Å². The summed E-state index contributed by atoms with van der Waals surface area (Å²) < 4.78 is 5.51. The van der Waals surface area contributed by atoms with Gasteiger partial charge in [0.2, 0.25) is 0 Å². The lowest BCUT2D eigenvalue weighted by Crippen LogP contribution is -2.66. The van der Waals surface area contributed by atoms with Crippen molar-refractivity contribution >= 4 is 10.9 Å². The van der Waals surface area contributed by atoms with E-state index in [0.717, 1.165) is 47.3 Å². The summed E-state index contributed by atoms with van der Waals surface area (Å²) in [5.41, 5.74) is 4.54. The van der Waals surface area contributed by atoms with E-state index < -0.39 is 5.60 Å². The maximum absolute atomic E-state index is 12.1. The highest BCUT2D eigenvalue weighted by atomic mass is 16.5. The minimum Gasteiger partial charge on any atom is -0.497 e. The Morgan fingerprint density at radius 1 is 1.10 bits per heavy atom. The molecule has 1 aromatic heterocycles. The Morgan fingerprint density at radius 3 is 2.79 bits per heavy atom. The Bertz CT molecular complexity index is 1100. The summed E-state index contributed by atoms with van der Waals surface area (Å²) in [6.07, 6.45) is 2.28. The number of likely N-dealkylation sites (N-methyl/N-ethyl adjacent to an activating group) is 1. The number of aryl methyl sites for hydroxylation is 1. The van der Waals surface area contributed by atoms with Crippen molar-refractivity contribution < 1.29 is 9.84 Å². The second kappa shape index (κ2) is 6.54. The average molecular weight is 389 g/mol. The summed E-state index contributed by atoms with van der Waals surface area (Å²) in [5.74, 6) is 0.839. The summed E-state index contributed by atoms with van der Waals surface area (Å²) in [5, 5.41) is 13.2. The van der Waals surface area contributed by atoms with Crippen molar-refractivity contribution in [1.29, 1.82) is 0 Å². The SMILES string of the molecule is COc1cccc([C@@]23CCN(C)C[C@@]2(O)Cc2cc4cc(C)ccc4nc2C3)c1. The van der Waals surface area contributed by atoms with Crippen LogP contribution in [0.1, 0.15) is 28.8 Å². The molecule has 3 aromatic rings. The normalized spacial score (nSPS) is 26.8. The molecule has 2 heterocycles. The molecule has 2 aromatic carbocycles. The average Bonchev–Trinajstić information content (AvgIpc) is 2.70. The standard InChI is InChI=1S/C25H28N2O2/c1-17-7-8-22-18(11-17)12-19-14-25(28)16-27(2)10-9-24(25,15-23(19)26-22)20-5-4-6-21(13-20)29-3/h4-8,11-13,28H,9-10,14-16H2,1-3H3/t24-,25-/m0/s1. The lowest BCUT2D eigenvalue weighted by atomic mass is 9.56. The third-order valence-electron chi connectivity index (χ3n) is 7.06. The first-order valence-electron chi connectivity index (χ1n) is 10.4. The number of aromatic nitrogens is 1. The van der Waals surface area contributed by atoms with Crippen LogP contribution in [0.4, 0.5) is 0 Å². The largest absolute Gasteiger partial charge is 0.497 e. The van der Waals surface area contributed by atoms with Crippen molar-refractivity contribution in [3.8, 4) is 5.75 Å². The van der Waals surface area contributed by atoms with E-state index in [1.807, 2.05) is 12.1 Å². The summed E-state index contributed by atoms with van der Waals surface area (Å²) >= 11 is 0. The summed E-state index contributed by atoms with van der Waals surface area (Å²) in [6.45, 7) is 3.73. The molecule has 29 heavy (non-hydrogen) atoms. The van der Waals surface area contributed by atoms with Gasteiger partial charge in [0.15, 0.2) is 0 Å². The van der Waals surface area contributed by atoms with Crippen LogP contribution in [-0.4, -0.2) is 47.8 Å². The molecule has 1 aliphatic carbocycles. The highest BCUT2D eigenvalue weighted by Crippen LogP contribution is 2.50. The third kappa shape index (κ3) is 2.85. The number of ether oxygens (including phenoxy) is 1. The molecule has 2 atom stereocenters. The Kier molecular flexibility index (Phi) is 4.19. The van der Waals surface area contributed by atoms with Gasteiger partial charge in [-0.25, -0.2) is 0 Å². The molecule has 1 fully saturated rings. The number of nitrogens with zero attached hydrogens (tertiary/aromatic N) is 2. The number of likely N-dealkylation sites (tertiary alicyclic amines) is 1. The fourth-order valence-corrected chi connectivity index (χ4v) is 5.49. The van der Waals surface area contributed by atoms with Crippen molar-refractivity contribution in [2.24, 2.45) is 0 Å². The molecular formula is C25H28N2O2. The fraction of sp³-hybridized carbons (Fsp3) is 0.400. The van der Waals surface area contributed by atoms with Crippen LogP contribution >= 0.6 is 0 Å². The Labute approximate surface area is 172 Å². The molecule has 0 radical (unpaired) electrons. The number of rotatable bonds is 2. The fourth-order valence-electron chi connectivity index (χ4n) is 5.49. The van der Waals surface area contributed by atoms with Crippen molar-refractivity contribution in [3.63, 3.8) is 0 Å². The van der Waals surface area contributed by atoms with Gasteiger partial charge in [-0.3, -0.25) is 4.98 Å². The minimum atomic E-state index is -0.835. The molecule has 1 aliphatic heterocycles. The van der Waals surface area contributed by atoms with Crippen LogP contribution in [0.3, 0.4) is 0 Å². The number of β-amino-alcohol motifs (C(OH)–C–C–N with tert-alkyl or cyclic N) is 1. The second-order valence-corrected chi connectivity index (χ2v) is 8.98. The molecule has 0 bridgehead atoms. The molecule has 0 unspecified atom stereocenters. The first kappa shape index (κ1) is 18.6. The zero-order chi connectivity index (χ0) is 20.2. The molecule has 0 amide bonds. The van der Waals surface area contributed by atoms with Crippen LogP contribution in [0.5, 0.6) is 5.75 Å². The zero-order valence-corrected chi connectivity index (χ0v) is 17.4. The first-order chi connectivity index (χ1) is 13.9. The van der Waals surface area contributed by atoms with E-state index in [0.29, 0.717) is 13.0 Å². The van der Waals surface area contributed by atoms with Gasteiger partial charge in [0.05, 0.1) is 18.2 Å².